The molecule has 0 saturated carbocycles. The van der Waals surface area contributed by atoms with Gasteiger partial charge in [-0.1, -0.05) is 12.1 Å². The summed E-state index contributed by atoms with van der Waals surface area (Å²) in [5, 5.41) is 13.6. The highest BCUT2D eigenvalue weighted by Crippen LogP contribution is 2.29. The fourth-order valence-corrected chi connectivity index (χ4v) is 2.16. The topological polar surface area (TPSA) is 54.4 Å². The number of aryl methyl sites for hydroxylation is 1. The zero-order valence-corrected chi connectivity index (χ0v) is 11.9. The molecule has 1 atom stereocenters. The van der Waals surface area contributed by atoms with Crippen LogP contribution >= 0.6 is 0 Å². The van der Waals surface area contributed by atoms with Gasteiger partial charge in [0.15, 0.2) is 0 Å². The van der Waals surface area contributed by atoms with Crippen molar-refractivity contribution in [1.82, 2.24) is 4.98 Å². The van der Waals surface area contributed by atoms with Crippen LogP contribution in [0.4, 0.5) is 10.1 Å². The Labute approximate surface area is 117 Å². The number of aromatic nitrogens is 1. The normalized spacial score (nSPS) is 12.7. The van der Waals surface area contributed by atoms with E-state index in [1.54, 1.807) is 6.07 Å². The van der Waals surface area contributed by atoms with Crippen molar-refractivity contribution in [3.8, 4) is 0 Å². The predicted molar refractivity (Wildman–Crippen MR) is 77.5 cm³/mol. The molecule has 0 bridgehead atoms. The minimum absolute atomic E-state index is 0.252. The van der Waals surface area contributed by atoms with Crippen LogP contribution in [-0.2, 0) is 4.74 Å². The number of pyridine rings is 1. The molecule has 1 aromatic heterocycles. The summed E-state index contributed by atoms with van der Waals surface area (Å²) in [7, 11) is 1.54. The molecule has 0 amide bonds. The van der Waals surface area contributed by atoms with Crippen LogP contribution < -0.4 is 5.32 Å². The molecule has 0 saturated heterocycles. The summed E-state index contributed by atoms with van der Waals surface area (Å²) in [6, 6.07) is 4.88. The molecule has 0 spiro atoms. The van der Waals surface area contributed by atoms with Crippen molar-refractivity contribution in [2.45, 2.75) is 20.0 Å². The molecule has 1 aromatic carbocycles. The maximum absolute atomic E-state index is 13.8. The molecule has 0 aliphatic carbocycles. The third kappa shape index (κ3) is 2.89. The van der Waals surface area contributed by atoms with Crippen LogP contribution in [0.1, 0.15) is 11.3 Å². The Morgan fingerprint density at radius 2 is 2.15 bits per heavy atom. The average Bonchev–Trinajstić information content (AvgIpc) is 2.41. The van der Waals surface area contributed by atoms with Gasteiger partial charge in [-0.25, -0.2) is 9.37 Å². The van der Waals surface area contributed by atoms with Crippen LogP contribution in [0.5, 0.6) is 0 Å². The largest absolute Gasteiger partial charge is 0.389 e. The number of aliphatic hydroxyl groups is 1. The second-order valence-corrected chi connectivity index (χ2v) is 4.82. The number of fused-ring (bicyclic) bond motifs is 1. The number of halogens is 1. The summed E-state index contributed by atoms with van der Waals surface area (Å²) >= 11 is 0. The third-order valence-corrected chi connectivity index (χ3v) is 3.33. The Morgan fingerprint density at radius 3 is 2.85 bits per heavy atom. The molecule has 2 N–H and O–H groups in total. The molecule has 0 aliphatic heterocycles. The molecule has 108 valence electrons. The first kappa shape index (κ1) is 14.7. The molecule has 4 nitrogen and oxygen atoms in total. The standard InChI is InChI=1S/C15H19FN2O2/c1-9-10(2)18-15-12(5-4-6-13(15)16)14(9)17-7-11(19)8-20-3/h4-6,11,19H,7-8H2,1-3H3,(H,17,18)/t11-/m1/s1. The highest BCUT2D eigenvalue weighted by molar-refractivity contribution is 5.93. The van der Waals surface area contributed by atoms with E-state index < -0.39 is 6.10 Å². The Hall–Kier alpha value is -1.72. The van der Waals surface area contributed by atoms with Gasteiger partial charge in [0.05, 0.1) is 12.7 Å². The summed E-state index contributed by atoms with van der Waals surface area (Å²) in [4.78, 5) is 4.30. The number of rotatable bonds is 5. The van der Waals surface area contributed by atoms with E-state index in [-0.39, 0.29) is 12.4 Å². The fraction of sp³-hybridized carbons (Fsp3) is 0.400. The quantitative estimate of drug-likeness (QED) is 0.882. The average molecular weight is 278 g/mol. The van der Waals surface area contributed by atoms with Crippen LogP contribution in [0.3, 0.4) is 0 Å². The summed E-state index contributed by atoms with van der Waals surface area (Å²) in [6.45, 7) is 4.36. The van der Waals surface area contributed by atoms with Crippen LogP contribution in [0.15, 0.2) is 18.2 Å². The number of para-hydroxylation sites is 1. The van der Waals surface area contributed by atoms with Gasteiger partial charge in [0.2, 0.25) is 0 Å². The smallest absolute Gasteiger partial charge is 0.149 e. The van der Waals surface area contributed by atoms with E-state index in [4.69, 9.17) is 4.74 Å². The lowest BCUT2D eigenvalue weighted by atomic mass is 10.1. The lowest BCUT2D eigenvalue weighted by Crippen LogP contribution is -2.24. The Morgan fingerprint density at radius 1 is 1.40 bits per heavy atom. The molecule has 0 unspecified atom stereocenters. The van der Waals surface area contributed by atoms with Gasteiger partial charge < -0.3 is 15.2 Å². The van der Waals surface area contributed by atoms with E-state index in [9.17, 15) is 9.50 Å². The molecule has 5 heteroatoms. The SMILES string of the molecule is COC[C@H](O)CNc1c(C)c(C)nc2c(F)cccc12. The number of benzene rings is 1. The minimum atomic E-state index is -0.614. The molecule has 2 rings (SSSR count). The molecule has 1 heterocycles. The van der Waals surface area contributed by atoms with E-state index in [1.807, 2.05) is 19.9 Å². The molecule has 20 heavy (non-hydrogen) atoms. The Balaban J connectivity index is 2.40. The first-order valence-corrected chi connectivity index (χ1v) is 6.51. The molecular weight excluding hydrogens is 259 g/mol. The number of anilines is 1. The van der Waals surface area contributed by atoms with Crippen LogP contribution in [-0.4, -0.2) is 36.5 Å². The van der Waals surface area contributed by atoms with Crippen LogP contribution in [0.25, 0.3) is 10.9 Å². The summed E-state index contributed by atoms with van der Waals surface area (Å²) in [5.41, 5.74) is 2.88. The van der Waals surface area contributed by atoms with Crippen molar-refractivity contribution in [2.75, 3.05) is 25.6 Å². The van der Waals surface area contributed by atoms with Crippen molar-refractivity contribution in [3.63, 3.8) is 0 Å². The molecule has 2 aromatic rings. The van der Waals surface area contributed by atoms with E-state index >= 15 is 0 Å². The van der Waals surface area contributed by atoms with Gasteiger partial charge in [0.1, 0.15) is 11.3 Å². The second-order valence-electron chi connectivity index (χ2n) is 4.82. The van der Waals surface area contributed by atoms with Crippen molar-refractivity contribution < 1.29 is 14.2 Å². The van der Waals surface area contributed by atoms with Gasteiger partial charge in [0, 0.05) is 30.4 Å². The van der Waals surface area contributed by atoms with Gasteiger partial charge in [-0.15, -0.1) is 0 Å². The molecular formula is C15H19FN2O2. The van der Waals surface area contributed by atoms with Crippen molar-refractivity contribution >= 4 is 16.6 Å². The van der Waals surface area contributed by atoms with Gasteiger partial charge in [-0.2, -0.15) is 0 Å². The first-order valence-electron chi connectivity index (χ1n) is 6.51. The van der Waals surface area contributed by atoms with Gasteiger partial charge in [0.25, 0.3) is 0 Å². The van der Waals surface area contributed by atoms with Crippen molar-refractivity contribution in [1.29, 1.82) is 0 Å². The van der Waals surface area contributed by atoms with E-state index in [2.05, 4.69) is 10.3 Å². The number of aliphatic hydroxyl groups excluding tert-OH is 1. The summed E-state index contributed by atoms with van der Waals surface area (Å²) < 4.78 is 18.7. The van der Waals surface area contributed by atoms with Gasteiger partial charge in [-0.05, 0) is 25.5 Å². The maximum Gasteiger partial charge on any atom is 0.149 e. The molecule has 0 radical (unpaired) electrons. The maximum atomic E-state index is 13.8. The van der Waals surface area contributed by atoms with Gasteiger partial charge >= 0.3 is 0 Å². The van der Waals surface area contributed by atoms with Crippen LogP contribution in [0, 0.1) is 19.7 Å². The lowest BCUT2D eigenvalue weighted by Gasteiger charge is -2.17. The highest BCUT2D eigenvalue weighted by atomic mass is 19.1. The number of hydrogen-bond donors (Lipinski definition) is 2. The number of nitrogens with zero attached hydrogens (tertiary/aromatic N) is 1. The Bertz CT molecular complexity index is 616. The Kier molecular flexibility index (Phi) is 4.52. The third-order valence-electron chi connectivity index (χ3n) is 3.33. The zero-order valence-electron chi connectivity index (χ0n) is 11.9. The monoisotopic (exact) mass is 278 g/mol. The molecule has 0 fully saturated rings. The van der Waals surface area contributed by atoms with E-state index in [1.165, 1.54) is 13.2 Å². The summed E-state index contributed by atoms with van der Waals surface area (Å²) in [6.07, 6.45) is -0.614. The number of ether oxygens (including phenoxy) is 1. The number of nitrogens with one attached hydrogen (secondary N) is 1. The fourth-order valence-electron chi connectivity index (χ4n) is 2.16. The molecule has 0 aliphatic rings. The number of hydrogen-bond acceptors (Lipinski definition) is 4. The highest BCUT2D eigenvalue weighted by Gasteiger charge is 2.13. The van der Waals surface area contributed by atoms with Crippen molar-refractivity contribution in [2.24, 2.45) is 0 Å². The van der Waals surface area contributed by atoms with E-state index in [0.29, 0.717) is 12.1 Å². The summed E-state index contributed by atoms with van der Waals surface area (Å²) in [5.74, 6) is -0.342. The minimum Gasteiger partial charge on any atom is -0.389 e. The predicted octanol–water partition coefficient (Wildman–Crippen LogP) is 2.41. The van der Waals surface area contributed by atoms with Gasteiger partial charge in [-0.3, -0.25) is 0 Å². The van der Waals surface area contributed by atoms with Crippen LogP contribution in [0.2, 0.25) is 0 Å². The lowest BCUT2D eigenvalue weighted by molar-refractivity contribution is 0.0728. The van der Waals surface area contributed by atoms with E-state index in [0.717, 1.165) is 22.3 Å². The first-order chi connectivity index (χ1) is 9.54. The zero-order chi connectivity index (χ0) is 14.7. The second kappa shape index (κ2) is 6.15. The number of methoxy groups -OCH3 is 1. The van der Waals surface area contributed by atoms with Crippen molar-refractivity contribution in [3.05, 3.63) is 35.3 Å².